The van der Waals surface area contributed by atoms with Gasteiger partial charge in [-0.15, -0.1) is 0 Å². The highest BCUT2D eigenvalue weighted by Crippen LogP contribution is 2.10. The van der Waals surface area contributed by atoms with Crippen LogP contribution in [-0.2, 0) is 11.3 Å². The molecule has 0 aliphatic carbocycles. The van der Waals surface area contributed by atoms with Crippen LogP contribution >= 0.6 is 11.5 Å². The summed E-state index contributed by atoms with van der Waals surface area (Å²) in [6.07, 6.45) is 0. The van der Waals surface area contributed by atoms with E-state index in [0.717, 1.165) is 17.2 Å². The molecule has 4 nitrogen and oxygen atoms in total. The molecule has 1 rings (SSSR count). The molecule has 0 saturated heterocycles. The zero-order valence-corrected chi connectivity index (χ0v) is 7.56. The fraction of sp³-hybridized carbons (Fsp3) is 0.429. The summed E-state index contributed by atoms with van der Waals surface area (Å²) in [5, 5.41) is 0. The fourth-order valence-corrected chi connectivity index (χ4v) is 1.37. The fourth-order valence-electron chi connectivity index (χ4n) is 0.706. The molecule has 66 valence electrons. The average molecular weight is 186 g/mol. The lowest BCUT2D eigenvalue weighted by atomic mass is 10.4. The highest BCUT2D eigenvalue weighted by atomic mass is 32.1. The van der Waals surface area contributed by atoms with E-state index >= 15 is 0 Å². The van der Waals surface area contributed by atoms with Crippen molar-refractivity contribution in [2.45, 2.75) is 13.5 Å². The maximum absolute atomic E-state index is 11.1. The van der Waals surface area contributed by atoms with E-state index in [1.54, 1.807) is 13.0 Å². The van der Waals surface area contributed by atoms with E-state index in [1.807, 2.05) is 0 Å². The van der Waals surface area contributed by atoms with Crippen molar-refractivity contribution in [3.05, 3.63) is 16.6 Å². The lowest BCUT2D eigenvalue weighted by molar-refractivity contribution is 0.0532. The van der Waals surface area contributed by atoms with Gasteiger partial charge in [0.25, 0.3) is 0 Å². The number of carbonyl (C=O) groups is 1. The first kappa shape index (κ1) is 9.15. The lowest BCUT2D eigenvalue weighted by Gasteiger charge is -1.95. The van der Waals surface area contributed by atoms with Gasteiger partial charge in [-0.05, 0) is 24.5 Å². The second kappa shape index (κ2) is 4.18. The van der Waals surface area contributed by atoms with Gasteiger partial charge in [-0.25, -0.2) is 4.79 Å². The van der Waals surface area contributed by atoms with Gasteiger partial charge in [0.15, 0.2) is 0 Å². The minimum Gasteiger partial charge on any atom is -0.462 e. The van der Waals surface area contributed by atoms with Crippen LogP contribution in [0.3, 0.4) is 0 Å². The normalized spacial score (nSPS) is 9.83. The van der Waals surface area contributed by atoms with E-state index in [4.69, 9.17) is 10.5 Å². The van der Waals surface area contributed by atoms with Crippen LogP contribution in [0.2, 0.25) is 0 Å². The Morgan fingerprint density at radius 1 is 1.83 bits per heavy atom. The minimum atomic E-state index is -0.324. The summed E-state index contributed by atoms with van der Waals surface area (Å²) in [6.45, 7) is 2.51. The largest absolute Gasteiger partial charge is 0.462 e. The topological polar surface area (TPSA) is 65.2 Å². The van der Waals surface area contributed by atoms with Crippen molar-refractivity contribution in [2.24, 2.45) is 5.73 Å². The molecule has 0 saturated carbocycles. The molecule has 1 heterocycles. The summed E-state index contributed by atoms with van der Waals surface area (Å²) in [5.74, 6) is -0.324. The van der Waals surface area contributed by atoms with Crippen LogP contribution in [0, 0.1) is 0 Å². The minimum absolute atomic E-state index is 0.324. The predicted molar refractivity (Wildman–Crippen MR) is 46.0 cm³/mol. The van der Waals surface area contributed by atoms with Gasteiger partial charge in [-0.1, -0.05) is 0 Å². The van der Waals surface area contributed by atoms with Crippen LogP contribution in [0.15, 0.2) is 6.07 Å². The third-order valence-electron chi connectivity index (χ3n) is 1.24. The molecule has 0 amide bonds. The molecule has 2 N–H and O–H groups in total. The number of hydrogen-bond acceptors (Lipinski definition) is 5. The van der Waals surface area contributed by atoms with E-state index < -0.39 is 0 Å². The van der Waals surface area contributed by atoms with Crippen molar-refractivity contribution in [2.75, 3.05) is 6.61 Å². The smallest absolute Gasteiger partial charge is 0.349 e. The molecule has 1 aromatic rings. The van der Waals surface area contributed by atoms with Crippen LogP contribution in [0.5, 0.6) is 0 Å². The molecule has 0 radical (unpaired) electrons. The highest BCUT2D eigenvalue weighted by molar-refractivity contribution is 7.08. The van der Waals surface area contributed by atoms with Gasteiger partial charge in [0.2, 0.25) is 0 Å². The maximum atomic E-state index is 11.1. The Balaban J connectivity index is 2.68. The zero-order chi connectivity index (χ0) is 8.97. The molecule has 1 aromatic heterocycles. The van der Waals surface area contributed by atoms with Crippen molar-refractivity contribution >= 4 is 17.5 Å². The Hall–Kier alpha value is -0.940. The van der Waals surface area contributed by atoms with E-state index in [0.29, 0.717) is 18.0 Å². The molecule has 0 bridgehead atoms. The molecule has 0 atom stereocenters. The Bertz CT molecular complexity index is 272. The highest BCUT2D eigenvalue weighted by Gasteiger charge is 2.09. The van der Waals surface area contributed by atoms with E-state index in [2.05, 4.69) is 4.37 Å². The summed E-state index contributed by atoms with van der Waals surface area (Å²) in [5.41, 5.74) is 6.05. The van der Waals surface area contributed by atoms with Gasteiger partial charge < -0.3 is 10.5 Å². The van der Waals surface area contributed by atoms with Crippen LogP contribution in [-0.4, -0.2) is 16.9 Å². The number of hydrogen-bond donors (Lipinski definition) is 1. The summed E-state index contributed by atoms with van der Waals surface area (Å²) in [7, 11) is 0. The second-order valence-electron chi connectivity index (χ2n) is 2.11. The van der Waals surface area contributed by atoms with Gasteiger partial charge in [-0.2, -0.15) is 4.37 Å². The number of esters is 1. The van der Waals surface area contributed by atoms with Gasteiger partial charge in [0.1, 0.15) is 4.88 Å². The van der Waals surface area contributed by atoms with Crippen molar-refractivity contribution < 1.29 is 9.53 Å². The molecule has 0 aliphatic rings. The first-order valence-electron chi connectivity index (χ1n) is 3.60. The van der Waals surface area contributed by atoms with Crippen LogP contribution in [0.4, 0.5) is 0 Å². The molecule has 0 fully saturated rings. The van der Waals surface area contributed by atoms with E-state index in [-0.39, 0.29) is 5.97 Å². The van der Waals surface area contributed by atoms with E-state index in [1.165, 1.54) is 0 Å². The third kappa shape index (κ3) is 2.02. The summed E-state index contributed by atoms with van der Waals surface area (Å²) < 4.78 is 8.73. The molecule has 0 unspecified atom stereocenters. The van der Waals surface area contributed by atoms with Gasteiger partial charge in [-0.3, -0.25) is 0 Å². The number of ether oxygens (including phenoxy) is 1. The Kier molecular flexibility index (Phi) is 3.19. The maximum Gasteiger partial charge on any atom is 0.349 e. The Morgan fingerprint density at radius 3 is 3.08 bits per heavy atom. The van der Waals surface area contributed by atoms with Crippen molar-refractivity contribution in [1.29, 1.82) is 0 Å². The second-order valence-corrected chi connectivity index (χ2v) is 2.91. The molecule has 12 heavy (non-hydrogen) atoms. The van der Waals surface area contributed by atoms with Gasteiger partial charge in [0.05, 0.1) is 12.3 Å². The molecular weight excluding hydrogens is 176 g/mol. The first-order chi connectivity index (χ1) is 5.77. The predicted octanol–water partition coefficient (Wildman–Crippen LogP) is 0.779. The molecule has 0 aliphatic heterocycles. The Morgan fingerprint density at radius 2 is 2.58 bits per heavy atom. The standard InChI is InChI=1S/C7H10N2O2S/c1-2-11-7(10)6-3-5(4-8)9-12-6/h3H,2,4,8H2,1H3. The molecular formula is C7H10N2O2S. The molecule has 5 heteroatoms. The summed E-state index contributed by atoms with van der Waals surface area (Å²) >= 11 is 1.12. The number of nitrogens with two attached hydrogens (primary N) is 1. The lowest BCUT2D eigenvalue weighted by Crippen LogP contribution is -2.02. The first-order valence-corrected chi connectivity index (χ1v) is 4.38. The number of nitrogens with zero attached hydrogens (tertiary/aromatic N) is 1. The van der Waals surface area contributed by atoms with Crippen LogP contribution in [0.25, 0.3) is 0 Å². The van der Waals surface area contributed by atoms with Gasteiger partial charge >= 0.3 is 5.97 Å². The van der Waals surface area contributed by atoms with Crippen LogP contribution in [0.1, 0.15) is 22.3 Å². The molecule has 0 spiro atoms. The van der Waals surface area contributed by atoms with Crippen molar-refractivity contribution in [3.63, 3.8) is 0 Å². The van der Waals surface area contributed by atoms with Crippen molar-refractivity contribution in [1.82, 2.24) is 4.37 Å². The van der Waals surface area contributed by atoms with Crippen LogP contribution < -0.4 is 5.73 Å². The van der Waals surface area contributed by atoms with Gasteiger partial charge in [0, 0.05) is 6.54 Å². The number of carbonyl (C=O) groups excluding carboxylic acids is 1. The SMILES string of the molecule is CCOC(=O)c1cc(CN)ns1. The van der Waals surface area contributed by atoms with Crippen molar-refractivity contribution in [3.8, 4) is 0 Å². The number of rotatable bonds is 3. The summed E-state index contributed by atoms with van der Waals surface area (Å²) in [6, 6.07) is 1.66. The Labute approximate surface area is 74.5 Å². The summed E-state index contributed by atoms with van der Waals surface area (Å²) in [4.78, 5) is 11.6. The monoisotopic (exact) mass is 186 g/mol. The number of aromatic nitrogens is 1. The quantitative estimate of drug-likeness (QED) is 0.708. The average Bonchev–Trinajstić information content (AvgIpc) is 2.52. The van der Waals surface area contributed by atoms with E-state index in [9.17, 15) is 4.79 Å². The molecule has 0 aromatic carbocycles. The third-order valence-corrected chi connectivity index (χ3v) is 2.05. The zero-order valence-electron chi connectivity index (χ0n) is 6.74.